The normalized spacial score (nSPS) is 14.1. The van der Waals surface area contributed by atoms with E-state index in [1.807, 2.05) is 11.3 Å². The Hall–Kier alpha value is -7.78. The molecule has 10 aromatic carbocycles. The number of hydrogen-bond donors (Lipinski definition) is 0. The summed E-state index contributed by atoms with van der Waals surface area (Å²) >= 11 is 1.86. The molecule has 1 nitrogen and oxygen atoms in total. The molecule has 0 aliphatic heterocycles. The van der Waals surface area contributed by atoms with E-state index in [1.54, 1.807) is 0 Å². The van der Waals surface area contributed by atoms with Crippen molar-refractivity contribution in [2.75, 3.05) is 4.90 Å². The average Bonchev–Trinajstić information content (AvgIpc) is 3.88. The monoisotopic (exact) mass is 833 g/mol. The molecule has 1 unspecified atom stereocenters. The molecule has 1 aliphatic rings. The number of benzene rings is 10. The van der Waals surface area contributed by atoms with Crippen molar-refractivity contribution >= 4 is 48.6 Å². The first kappa shape index (κ1) is 37.9. The lowest BCUT2D eigenvalue weighted by molar-refractivity contribution is 0.714. The van der Waals surface area contributed by atoms with Crippen LogP contribution in [0.25, 0.3) is 75.8 Å². The lowest BCUT2D eigenvalue weighted by Gasteiger charge is -2.32. The molecule has 11 aromatic rings. The van der Waals surface area contributed by atoms with Gasteiger partial charge in [0.25, 0.3) is 0 Å². The molecule has 64 heavy (non-hydrogen) atoms. The summed E-state index contributed by atoms with van der Waals surface area (Å²) in [6.45, 7) is 2.40. The minimum Gasteiger partial charge on any atom is -0.309 e. The number of rotatable bonds is 8. The maximum absolute atomic E-state index is 2.51. The number of nitrogens with zero attached hydrogens (tertiary/aromatic N) is 1. The summed E-state index contributed by atoms with van der Waals surface area (Å²) in [7, 11) is 0. The van der Waals surface area contributed by atoms with Gasteiger partial charge >= 0.3 is 0 Å². The first-order chi connectivity index (χ1) is 31.6. The summed E-state index contributed by atoms with van der Waals surface area (Å²) in [6, 6.07) is 89.3. The van der Waals surface area contributed by atoms with Crippen molar-refractivity contribution in [3.05, 3.63) is 259 Å². The molecule has 0 radical (unpaired) electrons. The Morgan fingerprint density at radius 1 is 0.344 bits per heavy atom. The molecule has 1 aromatic heterocycles. The highest BCUT2D eigenvalue weighted by molar-refractivity contribution is 7.25. The van der Waals surface area contributed by atoms with Crippen LogP contribution in [-0.4, -0.2) is 0 Å². The largest absolute Gasteiger partial charge is 0.309 e. The van der Waals surface area contributed by atoms with Crippen molar-refractivity contribution < 1.29 is 0 Å². The molecule has 0 fully saturated rings. The zero-order chi connectivity index (χ0) is 42.6. The molecule has 0 saturated carbocycles. The molecule has 0 amide bonds. The van der Waals surface area contributed by atoms with Crippen LogP contribution in [-0.2, 0) is 5.41 Å². The van der Waals surface area contributed by atoms with E-state index in [1.165, 1.54) is 86.9 Å². The van der Waals surface area contributed by atoms with Gasteiger partial charge in [-0.05, 0) is 111 Å². The molecule has 0 N–H and O–H groups in total. The Kier molecular flexibility index (Phi) is 9.21. The standard InChI is InChI=1S/C62H43NS/c1-62(45-21-6-3-7-22-45)55-30-15-12-29-53(55)61-56(62)31-18-33-58(61)63(46-38-35-42(36-39-46)44-37-40-60-54(41-44)52-28-14-17-34-59(52)64-60)57-32-16-13-27-51(57)50-26-11-10-25-49(50)48-24-9-8-23-47(48)43-19-4-2-5-20-43/h2-41H,1H3. The molecule has 302 valence electrons. The van der Waals surface area contributed by atoms with Crippen molar-refractivity contribution in [1.29, 1.82) is 0 Å². The smallest absolute Gasteiger partial charge is 0.0543 e. The highest BCUT2D eigenvalue weighted by atomic mass is 32.1. The van der Waals surface area contributed by atoms with Gasteiger partial charge in [0.2, 0.25) is 0 Å². The molecule has 1 atom stereocenters. The van der Waals surface area contributed by atoms with Gasteiger partial charge in [0.1, 0.15) is 0 Å². The molecule has 1 heterocycles. The third-order valence-electron chi connectivity index (χ3n) is 13.4. The third-order valence-corrected chi connectivity index (χ3v) is 14.6. The van der Waals surface area contributed by atoms with Gasteiger partial charge in [-0.3, -0.25) is 0 Å². The first-order valence-corrected chi connectivity index (χ1v) is 22.9. The van der Waals surface area contributed by atoms with E-state index in [4.69, 9.17) is 0 Å². The quantitative estimate of drug-likeness (QED) is 0.147. The summed E-state index contributed by atoms with van der Waals surface area (Å²) in [5.41, 5.74) is 19.1. The predicted octanol–water partition coefficient (Wildman–Crippen LogP) is 17.5. The van der Waals surface area contributed by atoms with Gasteiger partial charge in [0.15, 0.2) is 0 Å². The number of hydrogen-bond acceptors (Lipinski definition) is 2. The van der Waals surface area contributed by atoms with Crippen molar-refractivity contribution in [3.8, 4) is 55.6 Å². The van der Waals surface area contributed by atoms with Crippen LogP contribution in [0.2, 0.25) is 0 Å². The van der Waals surface area contributed by atoms with Crippen molar-refractivity contribution in [2.45, 2.75) is 12.3 Å². The van der Waals surface area contributed by atoms with Crippen molar-refractivity contribution in [1.82, 2.24) is 0 Å². The lowest BCUT2D eigenvalue weighted by Crippen LogP contribution is -2.22. The second-order valence-corrected chi connectivity index (χ2v) is 18.0. The highest BCUT2D eigenvalue weighted by Crippen LogP contribution is 2.57. The summed E-state index contributed by atoms with van der Waals surface area (Å²) < 4.78 is 2.64. The number of fused-ring (bicyclic) bond motifs is 6. The van der Waals surface area contributed by atoms with E-state index >= 15 is 0 Å². The zero-order valence-corrected chi connectivity index (χ0v) is 36.3. The molecular formula is C62H43NS. The van der Waals surface area contributed by atoms with Crippen molar-refractivity contribution in [2.24, 2.45) is 0 Å². The van der Waals surface area contributed by atoms with Crippen LogP contribution in [0.1, 0.15) is 23.6 Å². The van der Waals surface area contributed by atoms with Crippen LogP contribution in [0.4, 0.5) is 17.1 Å². The molecular weight excluding hydrogens is 791 g/mol. The van der Waals surface area contributed by atoms with E-state index in [0.717, 1.165) is 22.6 Å². The fraction of sp³-hybridized carbons (Fsp3) is 0.0323. The maximum Gasteiger partial charge on any atom is 0.0543 e. The van der Waals surface area contributed by atoms with Crippen molar-refractivity contribution in [3.63, 3.8) is 0 Å². The van der Waals surface area contributed by atoms with Gasteiger partial charge < -0.3 is 4.90 Å². The van der Waals surface area contributed by atoms with E-state index in [-0.39, 0.29) is 5.41 Å². The zero-order valence-electron chi connectivity index (χ0n) is 35.4. The lowest BCUT2D eigenvalue weighted by atomic mass is 9.74. The summed E-state index contributed by atoms with van der Waals surface area (Å²) in [6.07, 6.45) is 0. The topological polar surface area (TPSA) is 3.24 Å². The molecule has 1 aliphatic carbocycles. The van der Waals surface area contributed by atoms with E-state index in [0.29, 0.717) is 0 Å². The van der Waals surface area contributed by atoms with Crippen LogP contribution >= 0.6 is 11.3 Å². The Balaban J connectivity index is 1.08. The minimum absolute atomic E-state index is 0.337. The van der Waals surface area contributed by atoms with Crippen LogP contribution in [0, 0.1) is 0 Å². The Morgan fingerprint density at radius 3 is 1.64 bits per heavy atom. The second-order valence-electron chi connectivity index (χ2n) is 16.9. The fourth-order valence-electron chi connectivity index (χ4n) is 10.3. The van der Waals surface area contributed by atoms with Gasteiger partial charge in [0, 0.05) is 42.4 Å². The summed E-state index contributed by atoms with van der Waals surface area (Å²) in [5, 5.41) is 2.63. The Morgan fingerprint density at radius 2 is 0.875 bits per heavy atom. The maximum atomic E-state index is 2.51. The number of thiophene rings is 1. The fourth-order valence-corrected chi connectivity index (χ4v) is 11.4. The van der Waals surface area contributed by atoms with Gasteiger partial charge in [0.05, 0.1) is 11.4 Å². The Labute approximate surface area is 378 Å². The molecule has 12 rings (SSSR count). The van der Waals surface area contributed by atoms with E-state index < -0.39 is 0 Å². The molecule has 0 spiro atoms. The SMILES string of the molecule is CC1(c2ccccc2)c2ccccc2-c2c(N(c3ccc(-c4ccc5sc6ccccc6c5c4)cc3)c3ccccc3-c3ccccc3-c3ccccc3-c3ccccc3)cccc21. The predicted molar refractivity (Wildman–Crippen MR) is 273 cm³/mol. The van der Waals surface area contributed by atoms with Crippen LogP contribution in [0.5, 0.6) is 0 Å². The number of anilines is 3. The second kappa shape index (κ2) is 15.5. The molecule has 0 bridgehead atoms. The molecule has 0 saturated heterocycles. The Bertz CT molecular complexity index is 3510. The highest BCUT2D eigenvalue weighted by Gasteiger charge is 2.42. The van der Waals surface area contributed by atoms with Crippen LogP contribution in [0.15, 0.2) is 243 Å². The summed E-state index contributed by atoms with van der Waals surface area (Å²) in [5.74, 6) is 0. The van der Waals surface area contributed by atoms with E-state index in [9.17, 15) is 0 Å². The summed E-state index contributed by atoms with van der Waals surface area (Å²) in [4.78, 5) is 2.51. The molecule has 2 heteroatoms. The van der Waals surface area contributed by atoms with Crippen LogP contribution < -0.4 is 4.90 Å². The van der Waals surface area contributed by atoms with Gasteiger partial charge in [-0.25, -0.2) is 0 Å². The third kappa shape index (κ3) is 6.13. The number of para-hydroxylation sites is 1. The van der Waals surface area contributed by atoms with Gasteiger partial charge in [-0.1, -0.05) is 200 Å². The van der Waals surface area contributed by atoms with E-state index in [2.05, 4.69) is 254 Å². The van der Waals surface area contributed by atoms with Gasteiger partial charge in [-0.15, -0.1) is 11.3 Å². The minimum atomic E-state index is -0.337. The average molecular weight is 834 g/mol. The van der Waals surface area contributed by atoms with Crippen LogP contribution in [0.3, 0.4) is 0 Å². The van der Waals surface area contributed by atoms with Gasteiger partial charge in [-0.2, -0.15) is 0 Å². The first-order valence-electron chi connectivity index (χ1n) is 22.1.